The molecule has 3 heterocycles. The van der Waals surface area contributed by atoms with E-state index in [9.17, 15) is 9.18 Å². The molecule has 0 aliphatic heterocycles. The Balaban J connectivity index is 0.000000970. The third kappa shape index (κ3) is 6.60. The van der Waals surface area contributed by atoms with E-state index in [0.29, 0.717) is 45.6 Å². The number of hydrogen-bond donors (Lipinski definition) is 5. The molecule has 0 radical (unpaired) electrons. The number of benzene rings is 1. The van der Waals surface area contributed by atoms with Crippen molar-refractivity contribution in [1.82, 2.24) is 29.9 Å². The molecule has 4 aromatic rings. The number of alkyl halides is 1. The lowest BCUT2D eigenvalue weighted by atomic mass is 10.2. The van der Waals surface area contributed by atoms with Gasteiger partial charge in [-0.15, -0.1) is 10.2 Å². The van der Waals surface area contributed by atoms with Gasteiger partial charge in [-0.25, -0.2) is 4.98 Å². The molecule has 0 aliphatic rings. The van der Waals surface area contributed by atoms with E-state index in [1.165, 1.54) is 29.9 Å². The molecule has 178 valence electrons. The number of halogens is 1. The Hall–Kier alpha value is -4.30. The fourth-order valence-electron chi connectivity index (χ4n) is 2.53. The van der Waals surface area contributed by atoms with Crippen molar-refractivity contribution in [2.24, 2.45) is 7.05 Å². The molecule has 14 heteroatoms. The van der Waals surface area contributed by atoms with E-state index < -0.39 is 0 Å². The Bertz CT molecular complexity index is 1240. The van der Waals surface area contributed by atoms with E-state index in [4.69, 9.17) is 16.2 Å². The number of amides is 1. The van der Waals surface area contributed by atoms with Gasteiger partial charge in [0.2, 0.25) is 5.13 Å². The summed E-state index contributed by atoms with van der Waals surface area (Å²) in [7, 11) is 3.23. The lowest BCUT2D eigenvalue weighted by Crippen LogP contribution is -2.12. The number of aromatic nitrogens is 6. The minimum Gasteiger partial charge on any atom is -0.400 e. The molecular weight excluding hydrogens is 463 g/mol. The molecule has 0 aliphatic carbocycles. The third-order valence-electron chi connectivity index (χ3n) is 3.98. The minimum absolute atomic E-state index is 0.292. The smallest absolute Gasteiger partial charge is 0.260 e. The second-order valence-electron chi connectivity index (χ2n) is 6.17. The first-order valence-electron chi connectivity index (χ1n) is 9.47. The monoisotopic (exact) mass is 486 g/mol. The van der Waals surface area contributed by atoms with Gasteiger partial charge in [-0.3, -0.25) is 18.9 Å². The first-order valence-corrected chi connectivity index (χ1v) is 10.3. The third-order valence-corrected chi connectivity index (χ3v) is 4.84. The van der Waals surface area contributed by atoms with Crippen molar-refractivity contribution in [2.45, 2.75) is 0 Å². The molecule has 0 unspecified atom stereocenters. The Labute approximate surface area is 198 Å². The van der Waals surface area contributed by atoms with E-state index in [0.717, 1.165) is 12.8 Å². The van der Waals surface area contributed by atoms with Crippen LogP contribution in [0.1, 0.15) is 15.9 Å². The van der Waals surface area contributed by atoms with Crippen LogP contribution >= 0.6 is 11.3 Å². The first kappa shape index (κ1) is 26.0. The van der Waals surface area contributed by atoms with E-state index in [1.807, 2.05) is 0 Å². The van der Waals surface area contributed by atoms with Crippen LogP contribution in [0.5, 0.6) is 0 Å². The topological polar surface area (TPSA) is 181 Å². The predicted molar refractivity (Wildman–Crippen MR) is 129 cm³/mol. The van der Waals surface area contributed by atoms with Crippen molar-refractivity contribution in [1.29, 1.82) is 5.41 Å². The number of aliphatic hydroxyl groups is 1. The van der Waals surface area contributed by atoms with Crippen LogP contribution < -0.4 is 16.4 Å². The van der Waals surface area contributed by atoms with Crippen LogP contribution in [0.2, 0.25) is 0 Å². The maximum Gasteiger partial charge on any atom is 0.260 e. The average molecular weight is 487 g/mol. The quantitative estimate of drug-likeness (QED) is 0.202. The summed E-state index contributed by atoms with van der Waals surface area (Å²) in [4.78, 5) is 20.8. The molecule has 0 bridgehead atoms. The van der Waals surface area contributed by atoms with Crippen LogP contribution in [0, 0.1) is 5.41 Å². The molecule has 6 N–H and O–H groups in total. The number of carbonyl (C=O) groups excluding carboxylic acids is 1. The first-order chi connectivity index (χ1) is 16.5. The van der Waals surface area contributed by atoms with Crippen molar-refractivity contribution < 1.29 is 14.3 Å². The average Bonchev–Trinajstić information content (AvgIpc) is 3.52. The molecule has 0 saturated heterocycles. The number of nitrogens with two attached hydrogens (primary N) is 1. The van der Waals surface area contributed by atoms with Crippen molar-refractivity contribution in [3.8, 4) is 10.7 Å². The zero-order valence-electron chi connectivity index (χ0n) is 18.5. The number of aryl methyl sites for hydroxylation is 1. The summed E-state index contributed by atoms with van der Waals surface area (Å²) >= 11 is 1.28. The summed E-state index contributed by atoms with van der Waals surface area (Å²) in [5, 5.41) is 33.5. The van der Waals surface area contributed by atoms with Gasteiger partial charge in [0.15, 0.2) is 10.8 Å². The fraction of sp³-hybridized carbons (Fsp3) is 0.150. The SMILES string of the molecule is CF.CO.Cn1cc(C(=O)Nc2cncc(-c3nnc(Nc4ccc(N)c(C=N)c4)s3)n2)cn1. The van der Waals surface area contributed by atoms with Gasteiger partial charge in [0.05, 0.1) is 31.3 Å². The number of nitrogens with zero attached hydrogens (tertiary/aromatic N) is 6. The number of aliphatic hydroxyl groups excluding tert-OH is 1. The number of hydrogen-bond acceptors (Lipinski definition) is 11. The summed E-state index contributed by atoms with van der Waals surface area (Å²) in [6.07, 6.45) is 7.26. The van der Waals surface area contributed by atoms with Crippen LogP contribution in [-0.4, -0.2) is 61.5 Å². The lowest BCUT2D eigenvalue weighted by molar-refractivity contribution is 0.102. The van der Waals surface area contributed by atoms with Crippen LogP contribution in [0.15, 0.2) is 43.0 Å². The summed E-state index contributed by atoms with van der Waals surface area (Å²) < 4.78 is 11.0. The van der Waals surface area contributed by atoms with Gasteiger partial charge in [0.25, 0.3) is 5.91 Å². The zero-order valence-corrected chi connectivity index (χ0v) is 19.3. The summed E-state index contributed by atoms with van der Waals surface area (Å²) in [6.45, 7) is 0. The molecular formula is C20H23FN10O2S. The highest BCUT2D eigenvalue weighted by molar-refractivity contribution is 7.18. The van der Waals surface area contributed by atoms with Gasteiger partial charge in [0, 0.05) is 43.5 Å². The summed E-state index contributed by atoms with van der Waals surface area (Å²) in [5.41, 5.74) is 8.55. The number of carbonyl (C=O) groups is 1. The minimum atomic E-state index is -0.334. The molecule has 0 fully saturated rings. The lowest BCUT2D eigenvalue weighted by Gasteiger charge is -2.05. The van der Waals surface area contributed by atoms with Gasteiger partial charge in [-0.1, -0.05) is 11.3 Å². The summed E-state index contributed by atoms with van der Waals surface area (Å²) in [6, 6.07) is 5.25. The van der Waals surface area contributed by atoms with E-state index in [2.05, 4.69) is 35.9 Å². The highest BCUT2D eigenvalue weighted by Crippen LogP contribution is 2.28. The Morgan fingerprint density at radius 3 is 2.68 bits per heavy atom. The van der Waals surface area contributed by atoms with Crippen molar-refractivity contribution in [3.05, 3.63) is 54.1 Å². The zero-order chi connectivity index (χ0) is 25.1. The van der Waals surface area contributed by atoms with E-state index in [1.54, 1.807) is 42.3 Å². The van der Waals surface area contributed by atoms with Gasteiger partial charge in [-0.2, -0.15) is 5.10 Å². The van der Waals surface area contributed by atoms with Gasteiger partial charge >= 0.3 is 0 Å². The summed E-state index contributed by atoms with van der Waals surface area (Å²) in [5.74, 6) is -0.0419. The highest BCUT2D eigenvalue weighted by atomic mass is 32.1. The molecule has 4 rings (SSSR count). The van der Waals surface area contributed by atoms with Crippen molar-refractivity contribution in [2.75, 3.05) is 30.7 Å². The molecule has 12 nitrogen and oxygen atoms in total. The number of anilines is 4. The largest absolute Gasteiger partial charge is 0.400 e. The molecule has 1 aromatic carbocycles. The molecule has 34 heavy (non-hydrogen) atoms. The Morgan fingerprint density at radius 1 is 1.24 bits per heavy atom. The van der Waals surface area contributed by atoms with Crippen LogP contribution in [-0.2, 0) is 7.05 Å². The van der Waals surface area contributed by atoms with Crippen LogP contribution in [0.3, 0.4) is 0 Å². The van der Waals surface area contributed by atoms with Gasteiger partial charge in [0.1, 0.15) is 5.69 Å². The standard InChI is InChI=1S/C18H16N10OS.CH3F.CH4O/c1-28-9-11(6-22-28)16(29)25-15-8-21-7-14(24-15)17-26-27-18(30-17)23-12-2-3-13(20)10(4-12)5-19;2*1-2/h2-9,19H,20H2,1H3,(H,23,27)(H,24,25,29);1H3;2H,1H3. The number of nitrogens with one attached hydrogen (secondary N) is 3. The second-order valence-corrected chi connectivity index (χ2v) is 7.15. The number of nitrogen functional groups attached to an aromatic ring is 1. The molecule has 0 atom stereocenters. The van der Waals surface area contributed by atoms with E-state index >= 15 is 0 Å². The van der Waals surface area contributed by atoms with Gasteiger partial charge < -0.3 is 26.9 Å². The molecule has 0 saturated carbocycles. The van der Waals surface area contributed by atoms with Crippen molar-refractivity contribution >= 4 is 45.8 Å². The maximum atomic E-state index is 12.3. The number of rotatable bonds is 6. The van der Waals surface area contributed by atoms with Crippen LogP contribution in [0.4, 0.5) is 26.7 Å². The van der Waals surface area contributed by atoms with E-state index in [-0.39, 0.29) is 5.91 Å². The maximum absolute atomic E-state index is 12.3. The van der Waals surface area contributed by atoms with Crippen LogP contribution in [0.25, 0.3) is 10.7 Å². The normalized spacial score (nSPS) is 9.68. The Kier molecular flexibility index (Phi) is 9.67. The molecule has 1 amide bonds. The van der Waals surface area contributed by atoms with Gasteiger partial charge in [-0.05, 0) is 18.2 Å². The second kappa shape index (κ2) is 12.7. The highest BCUT2D eigenvalue weighted by Gasteiger charge is 2.13. The fourth-order valence-corrected chi connectivity index (χ4v) is 3.25. The molecule has 3 aromatic heterocycles. The predicted octanol–water partition coefficient (Wildman–Crippen LogP) is 2.50. The van der Waals surface area contributed by atoms with Crippen molar-refractivity contribution in [3.63, 3.8) is 0 Å². The molecule has 0 spiro atoms. The Morgan fingerprint density at radius 2 is 2.00 bits per heavy atom.